The fourth-order valence-corrected chi connectivity index (χ4v) is 9.14. The van der Waals surface area contributed by atoms with E-state index in [0.717, 1.165) is 40.3 Å². The molecule has 2 aliphatic rings. The number of anilines is 6. The molecule has 0 bridgehead atoms. The summed E-state index contributed by atoms with van der Waals surface area (Å²) in [6.45, 7) is 11.5. The highest BCUT2D eigenvalue weighted by atomic mass is 16.2. The molecule has 65 heavy (non-hydrogen) atoms. The van der Waals surface area contributed by atoms with Crippen molar-refractivity contribution in [2.45, 2.75) is 69.9 Å². The molecule has 2 aromatic carbocycles. The highest BCUT2D eigenvalue weighted by Crippen LogP contribution is 2.35. The molecule has 0 spiro atoms. The molecule has 4 heterocycles. The van der Waals surface area contributed by atoms with Gasteiger partial charge in [0.1, 0.15) is 11.5 Å². The van der Waals surface area contributed by atoms with Gasteiger partial charge in [-0.1, -0.05) is 39.1 Å². The van der Waals surface area contributed by atoms with Gasteiger partial charge in [-0.2, -0.15) is 4.98 Å². The summed E-state index contributed by atoms with van der Waals surface area (Å²) >= 11 is 0. The van der Waals surface area contributed by atoms with Gasteiger partial charge in [0.15, 0.2) is 17.3 Å². The maximum absolute atomic E-state index is 14.6. The lowest BCUT2D eigenvalue weighted by molar-refractivity contribution is -0.118. The average molecular weight is 876 g/mol. The minimum absolute atomic E-state index is 0.0267. The number of carbonyl (C=O) groups is 3. The summed E-state index contributed by atoms with van der Waals surface area (Å²) in [7, 11) is 3.81. The zero-order valence-electron chi connectivity index (χ0n) is 36.8. The van der Waals surface area contributed by atoms with Gasteiger partial charge in [0.25, 0.3) is 5.91 Å². The van der Waals surface area contributed by atoms with Gasteiger partial charge in [0.2, 0.25) is 17.8 Å². The molecule has 334 valence electrons. The van der Waals surface area contributed by atoms with Crippen LogP contribution in [0.4, 0.5) is 34.8 Å². The smallest absolute Gasteiger partial charge is 0.274 e. The summed E-state index contributed by atoms with van der Waals surface area (Å²) < 4.78 is 0. The lowest BCUT2D eigenvalue weighted by Crippen LogP contribution is -2.51. The number of carbonyl (C=O) groups excluding carboxylic acids is 3. The molecule has 18 heteroatoms. The molecule has 8 rings (SSSR count). The molecule has 0 aliphatic heterocycles. The van der Waals surface area contributed by atoms with E-state index in [2.05, 4.69) is 66.8 Å². The standard InChI is InChI=1S/C47H53N15O3/c1-7-40(63)54-32-17-18-37(26(32)3)61(5)39-25-51-43(45(56-39)53-31-14-16-34-29(22-31)12-10-20-50-34)46(65)55-35-23-38(27(4)42(35)57-41(64)8-2)62(6)47-58-44(36(24-48)59-60-47)52-30-13-15-33-28(21-30)11-9-19-49-33/h7-16,19-22,25-27,32,35,37-38,42H,1-2,17-18,23-24,48H2,3-6H3,(H,53,56)(H,54,63)(H,55,65)(H,57,64)(H,52,58,60)/t26-,27+,32?,35?,37+,38+,42?/m0/s1. The van der Waals surface area contributed by atoms with Gasteiger partial charge >= 0.3 is 0 Å². The van der Waals surface area contributed by atoms with Crippen LogP contribution in [-0.4, -0.2) is 97.1 Å². The Kier molecular flexibility index (Phi) is 12.9. The minimum atomic E-state index is -0.556. The third kappa shape index (κ3) is 9.38. The van der Waals surface area contributed by atoms with E-state index in [1.165, 1.54) is 12.2 Å². The maximum atomic E-state index is 14.6. The van der Waals surface area contributed by atoms with E-state index < -0.39 is 18.0 Å². The summed E-state index contributed by atoms with van der Waals surface area (Å²) in [5.41, 5.74) is 9.77. The monoisotopic (exact) mass is 875 g/mol. The third-order valence-corrected chi connectivity index (χ3v) is 12.8. The van der Waals surface area contributed by atoms with Crippen LogP contribution in [0.15, 0.2) is 105 Å². The molecular weight excluding hydrogens is 823 g/mol. The molecule has 3 unspecified atom stereocenters. The Morgan fingerprint density at radius 1 is 0.738 bits per heavy atom. The van der Waals surface area contributed by atoms with Crippen molar-refractivity contribution in [1.29, 1.82) is 0 Å². The van der Waals surface area contributed by atoms with Crippen LogP contribution in [0.25, 0.3) is 21.8 Å². The van der Waals surface area contributed by atoms with Crippen LogP contribution < -0.4 is 42.1 Å². The Morgan fingerprint density at radius 2 is 1.38 bits per heavy atom. The van der Waals surface area contributed by atoms with E-state index in [1.807, 2.05) is 91.5 Å². The Balaban J connectivity index is 1.07. The first-order valence-electron chi connectivity index (χ1n) is 21.6. The summed E-state index contributed by atoms with van der Waals surface area (Å²) in [6, 6.07) is 17.9. The van der Waals surface area contributed by atoms with Crippen LogP contribution in [-0.2, 0) is 16.1 Å². The van der Waals surface area contributed by atoms with Crippen molar-refractivity contribution >= 4 is 74.3 Å². The van der Waals surface area contributed by atoms with E-state index in [0.29, 0.717) is 35.4 Å². The lowest BCUT2D eigenvalue weighted by Gasteiger charge is -2.31. The largest absolute Gasteiger partial charge is 0.355 e. The van der Waals surface area contributed by atoms with E-state index in [1.54, 1.807) is 18.6 Å². The van der Waals surface area contributed by atoms with Crippen LogP contribution >= 0.6 is 0 Å². The SMILES string of the molecule is C=CC(=O)NC1CC[C@@H](N(C)c2cnc(C(=O)NC3C[C@@H](N(C)c4nnc(CN)c(Nc5ccc6ncccc6c5)n4)[C@@H](C)C3NC(=O)C=C)c(Nc3ccc4ncccc4c3)n2)[C@H]1C. The predicted octanol–water partition coefficient (Wildman–Crippen LogP) is 4.92. The first-order valence-corrected chi connectivity index (χ1v) is 21.6. The molecule has 2 saturated carbocycles. The fraction of sp³-hybridized carbons (Fsp3) is 0.319. The zero-order chi connectivity index (χ0) is 45.8. The Hall–Kier alpha value is -7.60. The second kappa shape index (κ2) is 19.0. The molecule has 4 aromatic heterocycles. The maximum Gasteiger partial charge on any atom is 0.274 e. The van der Waals surface area contributed by atoms with Crippen LogP contribution in [0.5, 0.6) is 0 Å². The summed E-state index contributed by atoms with van der Waals surface area (Å²) in [6.07, 6.45) is 9.59. The van der Waals surface area contributed by atoms with Crippen molar-refractivity contribution in [1.82, 2.24) is 51.1 Å². The van der Waals surface area contributed by atoms with Crippen molar-refractivity contribution in [2.75, 3.05) is 34.5 Å². The molecular formula is C47H53N15O3. The first-order chi connectivity index (χ1) is 31.4. The molecule has 2 aliphatic carbocycles. The van der Waals surface area contributed by atoms with Gasteiger partial charge in [-0.3, -0.25) is 24.4 Å². The number of nitrogens with one attached hydrogen (secondary N) is 5. The van der Waals surface area contributed by atoms with Gasteiger partial charge in [0, 0.05) is 73.3 Å². The van der Waals surface area contributed by atoms with Gasteiger partial charge in [-0.05, 0) is 91.8 Å². The second-order valence-corrected chi connectivity index (χ2v) is 16.6. The van der Waals surface area contributed by atoms with Crippen molar-refractivity contribution in [3.63, 3.8) is 0 Å². The zero-order valence-corrected chi connectivity index (χ0v) is 36.8. The first kappa shape index (κ1) is 44.0. The third-order valence-electron chi connectivity index (χ3n) is 12.8. The molecule has 2 fully saturated rings. The Morgan fingerprint density at radius 3 is 2.03 bits per heavy atom. The number of fused-ring (bicyclic) bond motifs is 2. The predicted molar refractivity (Wildman–Crippen MR) is 252 cm³/mol. The topological polar surface area (TPSA) is 234 Å². The van der Waals surface area contributed by atoms with Crippen molar-refractivity contribution in [3.05, 3.63) is 116 Å². The van der Waals surface area contributed by atoms with Crippen LogP contribution in [0, 0.1) is 11.8 Å². The minimum Gasteiger partial charge on any atom is -0.355 e. The quantitative estimate of drug-likeness (QED) is 0.0752. The number of hydrogen-bond acceptors (Lipinski definition) is 15. The number of amides is 3. The van der Waals surface area contributed by atoms with E-state index >= 15 is 0 Å². The summed E-state index contributed by atoms with van der Waals surface area (Å²) in [5, 5.41) is 26.8. The Labute approximate surface area is 376 Å². The highest BCUT2D eigenvalue weighted by Gasteiger charge is 2.45. The van der Waals surface area contributed by atoms with Crippen LogP contribution in [0.3, 0.4) is 0 Å². The van der Waals surface area contributed by atoms with Crippen molar-refractivity contribution in [3.8, 4) is 0 Å². The number of aromatic nitrogens is 7. The molecule has 3 amide bonds. The second-order valence-electron chi connectivity index (χ2n) is 16.6. The molecule has 18 nitrogen and oxygen atoms in total. The Bertz CT molecular complexity index is 2770. The summed E-state index contributed by atoms with van der Waals surface area (Å²) in [4.78, 5) is 67.1. The van der Waals surface area contributed by atoms with Crippen LogP contribution in [0.2, 0.25) is 0 Å². The highest BCUT2D eigenvalue weighted by molar-refractivity contribution is 5.98. The van der Waals surface area contributed by atoms with Crippen molar-refractivity contribution < 1.29 is 14.4 Å². The lowest BCUT2D eigenvalue weighted by atomic mass is 10.0. The van der Waals surface area contributed by atoms with E-state index in [9.17, 15) is 14.4 Å². The molecule has 0 saturated heterocycles. The molecule has 6 aromatic rings. The van der Waals surface area contributed by atoms with Gasteiger partial charge in [0.05, 0.1) is 29.3 Å². The van der Waals surface area contributed by atoms with E-state index in [4.69, 9.17) is 20.7 Å². The number of nitrogens with zero attached hydrogens (tertiary/aromatic N) is 9. The van der Waals surface area contributed by atoms with E-state index in [-0.39, 0.29) is 59.8 Å². The fourth-order valence-electron chi connectivity index (χ4n) is 9.14. The van der Waals surface area contributed by atoms with Gasteiger partial charge in [-0.15, -0.1) is 10.2 Å². The van der Waals surface area contributed by atoms with Crippen LogP contribution in [0.1, 0.15) is 49.3 Å². The molecule has 0 radical (unpaired) electrons. The number of rotatable bonds is 15. The molecule has 7 N–H and O–H groups in total. The van der Waals surface area contributed by atoms with Gasteiger partial charge in [-0.25, -0.2) is 9.97 Å². The van der Waals surface area contributed by atoms with Crippen molar-refractivity contribution in [2.24, 2.45) is 17.6 Å². The normalized spacial score (nSPS) is 21.3. The number of benzene rings is 2. The number of pyridine rings is 2. The summed E-state index contributed by atoms with van der Waals surface area (Å²) in [5.74, 6) is 0.394. The van der Waals surface area contributed by atoms with Gasteiger partial charge < -0.3 is 42.1 Å². The number of hydrogen-bond donors (Lipinski definition) is 6. The average Bonchev–Trinajstić information content (AvgIpc) is 3.84. The molecule has 7 atom stereocenters. The number of nitrogens with two attached hydrogens (primary N) is 1.